The Morgan fingerprint density at radius 2 is 2.00 bits per heavy atom. The zero-order valence-corrected chi connectivity index (χ0v) is 19.0. The molecular weight excluding hydrogens is 424 g/mol. The molecule has 1 aliphatic heterocycles. The Bertz CT molecular complexity index is 1120. The molecule has 2 atom stereocenters. The van der Waals surface area contributed by atoms with Crippen molar-refractivity contribution in [3.8, 4) is 0 Å². The van der Waals surface area contributed by atoms with Gasteiger partial charge in [-0.05, 0) is 49.6 Å². The van der Waals surface area contributed by atoms with Gasteiger partial charge in [-0.3, -0.25) is 9.98 Å². The molecule has 0 aliphatic carbocycles. The summed E-state index contributed by atoms with van der Waals surface area (Å²) in [7, 11) is 1.42. The van der Waals surface area contributed by atoms with Crippen molar-refractivity contribution in [1.29, 1.82) is 0 Å². The first-order valence-corrected chi connectivity index (χ1v) is 11.2. The number of benzene rings is 2. The number of unbranched alkanes of at least 4 members (excludes halogenated alkanes) is 1. The first-order valence-electron chi connectivity index (χ1n) is 10.8. The maximum Gasteiger partial charge on any atom is 0.340 e. The number of pyridine rings is 1. The largest absolute Gasteiger partial charge is 0.467 e. The molecule has 2 aromatic carbocycles. The standard InChI is InChI=1S/C25H27ClN4O2/c1-18-25(24(31)32-2,19-8-4-3-5-9-19)29-17-30(18)15-7-6-13-27-22-12-14-28-23-16-20(26)10-11-21(22)23/h3-5,8-12,14,16-18H,6-7,13,15H2,1-2H3,(H,27,28). The van der Waals surface area contributed by atoms with Crippen LogP contribution in [0.3, 0.4) is 0 Å². The molecule has 2 heterocycles. The minimum atomic E-state index is -1.02. The minimum absolute atomic E-state index is 0.126. The van der Waals surface area contributed by atoms with Crippen LogP contribution < -0.4 is 5.32 Å². The van der Waals surface area contributed by atoms with Crippen molar-refractivity contribution in [3.05, 3.63) is 71.4 Å². The van der Waals surface area contributed by atoms with Crippen molar-refractivity contribution >= 4 is 40.5 Å². The number of carbonyl (C=O) groups excluding carboxylic acids is 1. The lowest BCUT2D eigenvalue weighted by Gasteiger charge is -2.33. The SMILES string of the molecule is COC(=O)C1(c2ccccc2)N=CN(CCCCNc2ccnc3cc(Cl)ccc23)C1C. The number of hydrogen-bond acceptors (Lipinski definition) is 6. The van der Waals surface area contributed by atoms with E-state index in [1.807, 2.05) is 61.5 Å². The van der Waals surface area contributed by atoms with Gasteiger partial charge in [0.25, 0.3) is 0 Å². The molecule has 2 unspecified atom stereocenters. The molecule has 32 heavy (non-hydrogen) atoms. The van der Waals surface area contributed by atoms with E-state index < -0.39 is 5.54 Å². The van der Waals surface area contributed by atoms with Gasteiger partial charge in [0.1, 0.15) is 0 Å². The van der Waals surface area contributed by atoms with Gasteiger partial charge in [-0.1, -0.05) is 41.9 Å². The van der Waals surface area contributed by atoms with Crippen LogP contribution >= 0.6 is 11.6 Å². The Morgan fingerprint density at radius 1 is 1.19 bits per heavy atom. The predicted molar refractivity (Wildman–Crippen MR) is 129 cm³/mol. The van der Waals surface area contributed by atoms with Crippen molar-refractivity contribution in [2.45, 2.75) is 31.3 Å². The van der Waals surface area contributed by atoms with Crippen molar-refractivity contribution in [2.75, 3.05) is 25.5 Å². The van der Waals surface area contributed by atoms with Gasteiger partial charge in [0.15, 0.2) is 0 Å². The molecule has 166 valence electrons. The van der Waals surface area contributed by atoms with Gasteiger partial charge in [0, 0.05) is 35.4 Å². The van der Waals surface area contributed by atoms with Crippen LogP contribution in [-0.4, -0.2) is 48.4 Å². The van der Waals surface area contributed by atoms with E-state index in [-0.39, 0.29) is 12.0 Å². The number of rotatable bonds is 8. The fraction of sp³-hybridized carbons (Fsp3) is 0.320. The van der Waals surface area contributed by atoms with E-state index in [1.165, 1.54) is 7.11 Å². The first kappa shape index (κ1) is 22.1. The Labute approximate surface area is 193 Å². The normalized spacial score (nSPS) is 20.0. The van der Waals surface area contributed by atoms with Gasteiger partial charge in [-0.2, -0.15) is 0 Å². The molecule has 0 radical (unpaired) electrons. The fourth-order valence-electron chi connectivity index (χ4n) is 4.29. The summed E-state index contributed by atoms with van der Waals surface area (Å²) in [6.07, 6.45) is 5.52. The first-order chi connectivity index (χ1) is 15.6. The number of aliphatic imine (C=N–C) groups is 1. The highest BCUT2D eigenvalue weighted by molar-refractivity contribution is 6.31. The summed E-state index contributed by atoms with van der Waals surface area (Å²) >= 11 is 6.07. The van der Waals surface area contributed by atoms with Crippen molar-refractivity contribution in [2.24, 2.45) is 4.99 Å². The molecule has 1 N–H and O–H groups in total. The molecule has 6 nitrogen and oxygen atoms in total. The van der Waals surface area contributed by atoms with Crippen LogP contribution in [0.1, 0.15) is 25.3 Å². The number of carbonyl (C=O) groups is 1. The van der Waals surface area contributed by atoms with Crippen LogP contribution in [-0.2, 0) is 15.1 Å². The summed E-state index contributed by atoms with van der Waals surface area (Å²) in [5.74, 6) is -0.332. The third kappa shape index (κ3) is 4.15. The van der Waals surface area contributed by atoms with E-state index in [0.717, 1.165) is 48.1 Å². The van der Waals surface area contributed by atoms with Gasteiger partial charge in [0.05, 0.1) is 25.0 Å². The molecule has 1 aliphatic rings. The Balaban J connectivity index is 1.34. The molecule has 0 fully saturated rings. The lowest BCUT2D eigenvalue weighted by Crippen LogP contribution is -2.48. The number of ether oxygens (including phenoxy) is 1. The molecule has 0 saturated heterocycles. The molecule has 1 aromatic heterocycles. The van der Waals surface area contributed by atoms with E-state index in [2.05, 4.69) is 20.2 Å². The number of aromatic nitrogens is 1. The Hall–Kier alpha value is -3.12. The van der Waals surface area contributed by atoms with Gasteiger partial charge in [-0.25, -0.2) is 4.79 Å². The minimum Gasteiger partial charge on any atom is -0.467 e. The summed E-state index contributed by atoms with van der Waals surface area (Å²) in [5, 5.41) is 5.24. The molecular formula is C25H27ClN4O2. The molecule has 7 heteroatoms. The predicted octanol–water partition coefficient (Wildman–Crippen LogP) is 4.88. The van der Waals surface area contributed by atoms with Crippen LogP contribution in [0.4, 0.5) is 5.69 Å². The lowest BCUT2D eigenvalue weighted by atomic mass is 9.84. The van der Waals surface area contributed by atoms with E-state index in [1.54, 1.807) is 12.5 Å². The molecule has 0 spiro atoms. The molecule has 3 aromatic rings. The monoisotopic (exact) mass is 450 g/mol. The summed E-state index contributed by atoms with van der Waals surface area (Å²) in [5.41, 5.74) is 1.76. The summed E-state index contributed by atoms with van der Waals surface area (Å²) in [4.78, 5) is 23.9. The van der Waals surface area contributed by atoms with Crippen LogP contribution in [0.15, 0.2) is 65.8 Å². The number of halogens is 1. The summed E-state index contributed by atoms with van der Waals surface area (Å²) in [6, 6.07) is 17.3. The number of methoxy groups -OCH3 is 1. The number of esters is 1. The second-order valence-electron chi connectivity index (χ2n) is 7.94. The number of nitrogens with one attached hydrogen (secondary N) is 1. The second-order valence-corrected chi connectivity index (χ2v) is 8.37. The number of fused-ring (bicyclic) bond motifs is 1. The van der Waals surface area contributed by atoms with Crippen LogP contribution in [0, 0.1) is 0 Å². The maximum atomic E-state index is 12.8. The second kappa shape index (κ2) is 9.57. The third-order valence-electron chi connectivity index (χ3n) is 6.09. The topological polar surface area (TPSA) is 66.8 Å². The zero-order valence-electron chi connectivity index (χ0n) is 18.3. The molecule has 0 bridgehead atoms. The van der Waals surface area contributed by atoms with Crippen molar-refractivity contribution < 1.29 is 9.53 Å². The average molecular weight is 451 g/mol. The van der Waals surface area contributed by atoms with E-state index in [0.29, 0.717) is 5.02 Å². The Morgan fingerprint density at radius 3 is 2.78 bits per heavy atom. The van der Waals surface area contributed by atoms with Crippen molar-refractivity contribution in [1.82, 2.24) is 9.88 Å². The van der Waals surface area contributed by atoms with Crippen molar-refractivity contribution in [3.63, 3.8) is 0 Å². The van der Waals surface area contributed by atoms with Gasteiger partial charge in [-0.15, -0.1) is 0 Å². The zero-order chi connectivity index (χ0) is 22.6. The highest BCUT2D eigenvalue weighted by Gasteiger charge is 2.51. The van der Waals surface area contributed by atoms with Gasteiger partial charge >= 0.3 is 5.97 Å². The molecule has 0 saturated carbocycles. The van der Waals surface area contributed by atoms with E-state index in [9.17, 15) is 4.79 Å². The van der Waals surface area contributed by atoms with Crippen LogP contribution in [0.25, 0.3) is 10.9 Å². The maximum absolute atomic E-state index is 12.8. The highest BCUT2D eigenvalue weighted by atomic mass is 35.5. The highest BCUT2D eigenvalue weighted by Crippen LogP contribution is 2.37. The summed E-state index contributed by atoms with van der Waals surface area (Å²) in [6.45, 7) is 3.68. The van der Waals surface area contributed by atoms with E-state index in [4.69, 9.17) is 16.3 Å². The quantitative estimate of drug-likeness (QED) is 0.391. The van der Waals surface area contributed by atoms with E-state index >= 15 is 0 Å². The number of hydrogen-bond donors (Lipinski definition) is 1. The number of anilines is 1. The average Bonchev–Trinajstić information content (AvgIpc) is 3.15. The fourth-order valence-corrected chi connectivity index (χ4v) is 4.45. The van der Waals surface area contributed by atoms with Gasteiger partial charge in [0.2, 0.25) is 5.54 Å². The smallest absolute Gasteiger partial charge is 0.340 e. The lowest BCUT2D eigenvalue weighted by molar-refractivity contribution is -0.148. The van der Waals surface area contributed by atoms with Gasteiger partial charge < -0.3 is 15.0 Å². The number of nitrogens with zero attached hydrogens (tertiary/aromatic N) is 3. The summed E-state index contributed by atoms with van der Waals surface area (Å²) < 4.78 is 5.14. The van der Waals surface area contributed by atoms with Crippen LogP contribution in [0.5, 0.6) is 0 Å². The third-order valence-corrected chi connectivity index (χ3v) is 6.32. The molecule has 4 rings (SSSR count). The van der Waals surface area contributed by atoms with Crippen LogP contribution in [0.2, 0.25) is 5.02 Å². The molecule has 0 amide bonds. The Kier molecular flexibility index (Phi) is 6.61.